The average Bonchev–Trinajstić information content (AvgIpc) is 3.16. The molecule has 0 spiro atoms. The molecule has 0 unspecified atom stereocenters. The van der Waals surface area contributed by atoms with Crippen molar-refractivity contribution >= 4 is 28.0 Å². The Bertz CT molecular complexity index is 781. The molecule has 2 heterocycles. The molecule has 3 aromatic rings. The van der Waals surface area contributed by atoms with Crippen LogP contribution in [0.1, 0.15) is 31.2 Å². The Morgan fingerprint density at radius 2 is 1.95 bits per heavy atom. The number of nitrogens with zero attached hydrogens (tertiary/aromatic N) is 1. The molecule has 0 atom stereocenters. The first kappa shape index (κ1) is 11.5. The van der Waals surface area contributed by atoms with Crippen LogP contribution in [0.2, 0.25) is 0 Å². The topological polar surface area (TPSA) is 55.7 Å². The van der Waals surface area contributed by atoms with Gasteiger partial charge in [-0.05, 0) is 31.0 Å². The summed E-state index contributed by atoms with van der Waals surface area (Å²) >= 11 is 0. The SMILES string of the molecule is O=C=NC1(c2c3ccoc3cc3ccoc23)CCCC1. The third-order valence-electron chi connectivity index (χ3n) is 4.33. The smallest absolute Gasteiger partial charge is 0.235 e. The number of carbonyl (C=O) groups excluding carboxylic acids is 1. The van der Waals surface area contributed by atoms with Gasteiger partial charge in [-0.25, -0.2) is 4.79 Å². The predicted octanol–water partition coefficient (Wildman–Crippen LogP) is 4.28. The van der Waals surface area contributed by atoms with Crippen LogP contribution in [0.4, 0.5) is 0 Å². The fourth-order valence-corrected chi connectivity index (χ4v) is 3.47. The van der Waals surface area contributed by atoms with E-state index in [4.69, 9.17) is 8.83 Å². The molecule has 4 heteroatoms. The van der Waals surface area contributed by atoms with Gasteiger partial charge in [0.05, 0.1) is 12.5 Å². The Hall–Kier alpha value is -2.32. The van der Waals surface area contributed by atoms with Crippen LogP contribution in [0.3, 0.4) is 0 Å². The minimum Gasteiger partial charge on any atom is -0.464 e. The van der Waals surface area contributed by atoms with Gasteiger partial charge in [-0.1, -0.05) is 12.8 Å². The normalized spacial score (nSPS) is 17.6. The van der Waals surface area contributed by atoms with E-state index in [9.17, 15) is 4.79 Å². The molecule has 1 fully saturated rings. The first-order valence-electron chi connectivity index (χ1n) is 6.81. The summed E-state index contributed by atoms with van der Waals surface area (Å²) in [7, 11) is 0. The number of hydrogen-bond donors (Lipinski definition) is 0. The van der Waals surface area contributed by atoms with Crippen molar-refractivity contribution in [1.82, 2.24) is 0 Å². The van der Waals surface area contributed by atoms with E-state index in [-0.39, 0.29) is 0 Å². The Morgan fingerprint density at radius 1 is 1.15 bits per heavy atom. The molecule has 2 aromatic heterocycles. The van der Waals surface area contributed by atoms with E-state index in [1.54, 1.807) is 18.6 Å². The number of aliphatic imine (C=N–C) groups is 1. The second-order valence-corrected chi connectivity index (χ2v) is 5.36. The third-order valence-corrected chi connectivity index (χ3v) is 4.33. The largest absolute Gasteiger partial charge is 0.464 e. The number of benzene rings is 1. The number of rotatable bonds is 2. The monoisotopic (exact) mass is 267 g/mol. The lowest BCUT2D eigenvalue weighted by Gasteiger charge is -2.23. The van der Waals surface area contributed by atoms with E-state index in [1.807, 2.05) is 18.2 Å². The zero-order valence-corrected chi connectivity index (χ0v) is 10.9. The lowest BCUT2D eigenvalue weighted by atomic mass is 9.85. The molecule has 1 saturated carbocycles. The molecule has 1 aliphatic carbocycles. The van der Waals surface area contributed by atoms with Crippen molar-refractivity contribution in [1.29, 1.82) is 0 Å². The van der Waals surface area contributed by atoms with Gasteiger partial charge in [-0.2, -0.15) is 4.99 Å². The Kier molecular flexibility index (Phi) is 2.35. The second kappa shape index (κ2) is 4.09. The maximum absolute atomic E-state index is 10.9. The van der Waals surface area contributed by atoms with Crippen molar-refractivity contribution in [2.45, 2.75) is 31.2 Å². The fraction of sp³-hybridized carbons (Fsp3) is 0.312. The van der Waals surface area contributed by atoms with Crippen molar-refractivity contribution in [2.24, 2.45) is 4.99 Å². The molecule has 0 saturated heterocycles. The molecule has 0 aliphatic heterocycles. The van der Waals surface area contributed by atoms with Crippen LogP contribution < -0.4 is 0 Å². The van der Waals surface area contributed by atoms with Crippen molar-refractivity contribution in [3.8, 4) is 0 Å². The highest BCUT2D eigenvalue weighted by Crippen LogP contribution is 2.48. The quantitative estimate of drug-likeness (QED) is 0.514. The van der Waals surface area contributed by atoms with E-state index >= 15 is 0 Å². The highest BCUT2D eigenvalue weighted by molar-refractivity contribution is 5.98. The zero-order valence-electron chi connectivity index (χ0n) is 10.9. The molecule has 20 heavy (non-hydrogen) atoms. The number of fused-ring (bicyclic) bond motifs is 2. The van der Waals surface area contributed by atoms with E-state index in [1.165, 1.54) is 0 Å². The molecule has 1 aliphatic rings. The highest BCUT2D eigenvalue weighted by Gasteiger charge is 2.39. The highest BCUT2D eigenvalue weighted by atomic mass is 16.3. The lowest BCUT2D eigenvalue weighted by Crippen LogP contribution is -2.19. The summed E-state index contributed by atoms with van der Waals surface area (Å²) in [6.07, 6.45) is 8.91. The molecule has 0 bridgehead atoms. The first-order chi connectivity index (χ1) is 9.84. The Balaban J connectivity index is 2.16. The van der Waals surface area contributed by atoms with Gasteiger partial charge in [0.2, 0.25) is 6.08 Å². The maximum Gasteiger partial charge on any atom is 0.235 e. The molecular formula is C16H13NO3. The molecule has 4 nitrogen and oxygen atoms in total. The molecule has 4 rings (SSSR count). The van der Waals surface area contributed by atoms with Crippen LogP contribution in [0.25, 0.3) is 21.9 Å². The number of isocyanates is 1. The predicted molar refractivity (Wildman–Crippen MR) is 74.3 cm³/mol. The molecule has 100 valence electrons. The summed E-state index contributed by atoms with van der Waals surface area (Å²) in [4.78, 5) is 15.1. The first-order valence-corrected chi connectivity index (χ1v) is 6.81. The molecular weight excluding hydrogens is 254 g/mol. The van der Waals surface area contributed by atoms with Crippen LogP contribution in [0.15, 0.2) is 44.6 Å². The van der Waals surface area contributed by atoms with Gasteiger partial charge >= 0.3 is 0 Å². The van der Waals surface area contributed by atoms with Gasteiger partial charge in [0.25, 0.3) is 0 Å². The Morgan fingerprint density at radius 3 is 2.75 bits per heavy atom. The van der Waals surface area contributed by atoms with Crippen molar-refractivity contribution < 1.29 is 13.6 Å². The van der Waals surface area contributed by atoms with Gasteiger partial charge < -0.3 is 8.83 Å². The Labute approximate surface area is 115 Å². The van der Waals surface area contributed by atoms with E-state index in [0.717, 1.165) is 53.2 Å². The van der Waals surface area contributed by atoms with Gasteiger partial charge in [0.15, 0.2) is 0 Å². The van der Waals surface area contributed by atoms with Crippen molar-refractivity contribution in [3.63, 3.8) is 0 Å². The summed E-state index contributed by atoms with van der Waals surface area (Å²) in [5, 5.41) is 1.96. The van der Waals surface area contributed by atoms with Crippen LogP contribution in [-0.2, 0) is 10.3 Å². The summed E-state index contributed by atoms with van der Waals surface area (Å²) in [6, 6.07) is 5.80. The van der Waals surface area contributed by atoms with Gasteiger partial charge in [0, 0.05) is 16.3 Å². The van der Waals surface area contributed by atoms with Crippen LogP contribution in [0, 0.1) is 0 Å². The van der Waals surface area contributed by atoms with Gasteiger partial charge in [0.1, 0.15) is 16.7 Å². The standard InChI is InChI=1S/C16H13NO3/c18-10-17-16(5-1-2-6-16)14-12-4-8-19-13(12)9-11-3-7-20-15(11)14/h3-4,7-9H,1-2,5-6H2. The maximum atomic E-state index is 10.9. The van der Waals surface area contributed by atoms with Crippen LogP contribution in [0.5, 0.6) is 0 Å². The summed E-state index contributed by atoms with van der Waals surface area (Å²) in [5.41, 5.74) is 2.08. The zero-order chi connectivity index (χ0) is 13.6. The minimum atomic E-state index is -0.513. The van der Waals surface area contributed by atoms with Crippen LogP contribution in [-0.4, -0.2) is 6.08 Å². The van der Waals surface area contributed by atoms with Gasteiger partial charge in [-0.15, -0.1) is 0 Å². The van der Waals surface area contributed by atoms with E-state index in [0.29, 0.717) is 0 Å². The van der Waals surface area contributed by atoms with Crippen LogP contribution >= 0.6 is 0 Å². The summed E-state index contributed by atoms with van der Waals surface area (Å²) < 4.78 is 11.2. The summed E-state index contributed by atoms with van der Waals surface area (Å²) in [5.74, 6) is 0. The lowest BCUT2D eigenvalue weighted by molar-refractivity contribution is 0.454. The van der Waals surface area contributed by atoms with Gasteiger partial charge in [-0.3, -0.25) is 0 Å². The van der Waals surface area contributed by atoms with Crippen molar-refractivity contribution in [3.05, 3.63) is 36.3 Å². The molecule has 0 amide bonds. The minimum absolute atomic E-state index is 0.513. The number of hydrogen-bond acceptors (Lipinski definition) is 4. The molecule has 1 aromatic carbocycles. The number of furan rings is 2. The van der Waals surface area contributed by atoms with E-state index in [2.05, 4.69) is 4.99 Å². The van der Waals surface area contributed by atoms with E-state index < -0.39 is 5.54 Å². The second-order valence-electron chi connectivity index (χ2n) is 5.36. The molecule has 0 N–H and O–H groups in total. The molecule has 0 radical (unpaired) electrons. The summed E-state index contributed by atoms with van der Waals surface area (Å²) in [6.45, 7) is 0. The van der Waals surface area contributed by atoms with Crippen molar-refractivity contribution in [2.75, 3.05) is 0 Å². The average molecular weight is 267 g/mol. The fourth-order valence-electron chi connectivity index (χ4n) is 3.47. The third kappa shape index (κ3) is 1.43.